The molecule has 0 saturated carbocycles. The van der Waals surface area contributed by atoms with Crippen molar-refractivity contribution in [1.29, 1.82) is 0 Å². The van der Waals surface area contributed by atoms with E-state index in [4.69, 9.17) is 4.84 Å². The first-order chi connectivity index (χ1) is 15.1. The normalized spacial score (nSPS) is 11.1. The number of carbonyl (C=O) groups excluding carboxylic acids is 1. The predicted molar refractivity (Wildman–Crippen MR) is 118 cm³/mol. The van der Waals surface area contributed by atoms with E-state index in [0.717, 1.165) is 5.56 Å². The molecule has 0 saturated heterocycles. The minimum Gasteiger partial charge on any atom is -0.380 e. The predicted octanol–water partition coefficient (Wildman–Crippen LogP) is 2.72. The number of hydroxylamine groups is 1. The molecular formula is C22H24N4O4S. The minimum atomic E-state index is -3.55. The fourth-order valence-corrected chi connectivity index (χ4v) is 3.83. The zero-order chi connectivity index (χ0) is 21.9. The standard InChI is InChI=1S/C22H24N4O4S/c27-22(20-9-4-5-10-21(20)24-17-18-11-14-23-15-12-18)26-30-16-6-13-25-31(28,29)19-7-2-1-3-8-19/h1-5,7-12,14-15,24-25H,6,13,16-17H2,(H,26,27). The second kappa shape index (κ2) is 11.2. The van der Waals surface area contributed by atoms with Crippen molar-refractivity contribution in [3.05, 3.63) is 90.3 Å². The Hall–Kier alpha value is -3.27. The van der Waals surface area contributed by atoms with Crippen molar-refractivity contribution in [1.82, 2.24) is 15.2 Å². The van der Waals surface area contributed by atoms with Crippen LogP contribution in [0.1, 0.15) is 22.3 Å². The van der Waals surface area contributed by atoms with E-state index in [1.807, 2.05) is 24.3 Å². The lowest BCUT2D eigenvalue weighted by Gasteiger charge is -2.12. The average molecular weight is 441 g/mol. The summed E-state index contributed by atoms with van der Waals surface area (Å²) >= 11 is 0. The number of nitrogens with one attached hydrogen (secondary N) is 3. The average Bonchev–Trinajstić information content (AvgIpc) is 2.81. The van der Waals surface area contributed by atoms with Crippen LogP contribution in [0.25, 0.3) is 0 Å². The van der Waals surface area contributed by atoms with Crippen molar-refractivity contribution >= 4 is 21.6 Å². The number of hydrogen-bond donors (Lipinski definition) is 3. The largest absolute Gasteiger partial charge is 0.380 e. The van der Waals surface area contributed by atoms with Crippen molar-refractivity contribution in [3.8, 4) is 0 Å². The Morgan fingerprint density at radius 1 is 0.935 bits per heavy atom. The van der Waals surface area contributed by atoms with E-state index in [9.17, 15) is 13.2 Å². The van der Waals surface area contributed by atoms with Crippen LogP contribution in [0.3, 0.4) is 0 Å². The summed E-state index contributed by atoms with van der Waals surface area (Å²) in [6.07, 6.45) is 3.82. The Bertz CT molecular complexity index is 1080. The molecule has 0 radical (unpaired) electrons. The molecule has 0 aliphatic heterocycles. The number of benzene rings is 2. The number of nitrogens with zero attached hydrogens (tertiary/aromatic N) is 1. The lowest BCUT2D eigenvalue weighted by molar-refractivity contribution is 0.0308. The molecule has 3 rings (SSSR count). The van der Waals surface area contributed by atoms with Crippen LogP contribution in [0.15, 0.2) is 84.0 Å². The molecule has 1 amide bonds. The molecule has 1 heterocycles. The van der Waals surface area contributed by atoms with Gasteiger partial charge in [0, 0.05) is 31.2 Å². The molecule has 3 N–H and O–H groups in total. The molecule has 0 fully saturated rings. The smallest absolute Gasteiger partial charge is 0.276 e. The fourth-order valence-electron chi connectivity index (χ4n) is 2.74. The third kappa shape index (κ3) is 6.88. The number of pyridine rings is 1. The van der Waals surface area contributed by atoms with Crippen LogP contribution in [0.2, 0.25) is 0 Å². The monoisotopic (exact) mass is 440 g/mol. The molecule has 8 nitrogen and oxygen atoms in total. The third-order valence-electron chi connectivity index (χ3n) is 4.34. The van der Waals surface area contributed by atoms with E-state index in [-0.39, 0.29) is 24.0 Å². The third-order valence-corrected chi connectivity index (χ3v) is 5.81. The molecule has 0 unspecified atom stereocenters. The van der Waals surface area contributed by atoms with E-state index in [0.29, 0.717) is 24.2 Å². The van der Waals surface area contributed by atoms with E-state index < -0.39 is 10.0 Å². The minimum absolute atomic E-state index is 0.162. The van der Waals surface area contributed by atoms with E-state index in [1.165, 1.54) is 12.1 Å². The topological polar surface area (TPSA) is 109 Å². The zero-order valence-electron chi connectivity index (χ0n) is 16.8. The summed E-state index contributed by atoms with van der Waals surface area (Å²) in [5.74, 6) is -0.386. The molecule has 9 heteroatoms. The van der Waals surface area contributed by atoms with Gasteiger partial charge in [0.15, 0.2) is 0 Å². The van der Waals surface area contributed by atoms with Crippen molar-refractivity contribution in [2.45, 2.75) is 17.9 Å². The Morgan fingerprint density at radius 2 is 1.65 bits per heavy atom. The zero-order valence-corrected chi connectivity index (χ0v) is 17.6. The number of anilines is 1. The second-order valence-corrected chi connectivity index (χ2v) is 8.37. The summed E-state index contributed by atoms with van der Waals surface area (Å²) in [5, 5.41) is 3.23. The molecule has 0 spiro atoms. The molecular weight excluding hydrogens is 416 g/mol. The maximum absolute atomic E-state index is 12.5. The van der Waals surface area contributed by atoms with Crippen LogP contribution >= 0.6 is 0 Å². The number of para-hydroxylation sites is 1. The number of rotatable bonds is 11. The highest BCUT2D eigenvalue weighted by molar-refractivity contribution is 7.89. The summed E-state index contributed by atoms with van der Waals surface area (Å²) < 4.78 is 26.8. The van der Waals surface area contributed by atoms with Crippen LogP contribution < -0.4 is 15.5 Å². The molecule has 31 heavy (non-hydrogen) atoms. The highest BCUT2D eigenvalue weighted by Gasteiger charge is 2.13. The van der Waals surface area contributed by atoms with Crippen LogP contribution in [-0.2, 0) is 21.4 Å². The van der Waals surface area contributed by atoms with Gasteiger partial charge in [0.1, 0.15) is 0 Å². The van der Waals surface area contributed by atoms with Gasteiger partial charge < -0.3 is 5.32 Å². The molecule has 0 atom stereocenters. The molecule has 3 aromatic rings. The van der Waals surface area contributed by atoms with E-state index in [2.05, 4.69) is 20.5 Å². The second-order valence-electron chi connectivity index (χ2n) is 6.60. The van der Waals surface area contributed by atoms with Gasteiger partial charge in [-0.25, -0.2) is 18.6 Å². The summed E-state index contributed by atoms with van der Waals surface area (Å²) in [4.78, 5) is 21.9. The van der Waals surface area contributed by atoms with Gasteiger partial charge in [-0.15, -0.1) is 0 Å². The molecule has 162 valence electrons. The van der Waals surface area contributed by atoms with Crippen molar-refractivity contribution in [3.63, 3.8) is 0 Å². The molecule has 0 bridgehead atoms. The summed E-state index contributed by atoms with van der Waals surface area (Å²) in [5.41, 5.74) is 4.56. The highest BCUT2D eigenvalue weighted by Crippen LogP contribution is 2.16. The van der Waals surface area contributed by atoms with Gasteiger partial charge in [0.25, 0.3) is 5.91 Å². The van der Waals surface area contributed by atoms with Gasteiger partial charge in [-0.05, 0) is 48.4 Å². The maximum Gasteiger partial charge on any atom is 0.276 e. The number of carbonyl (C=O) groups is 1. The van der Waals surface area contributed by atoms with Gasteiger partial charge in [0.2, 0.25) is 10.0 Å². The van der Waals surface area contributed by atoms with Crippen LogP contribution in [-0.4, -0.2) is 32.5 Å². The van der Waals surface area contributed by atoms with Crippen molar-refractivity contribution in [2.24, 2.45) is 0 Å². The Labute approximate surface area is 181 Å². The first-order valence-corrected chi connectivity index (χ1v) is 11.2. The van der Waals surface area contributed by atoms with E-state index >= 15 is 0 Å². The highest BCUT2D eigenvalue weighted by atomic mass is 32.2. The number of sulfonamides is 1. The molecule has 1 aromatic heterocycles. The van der Waals surface area contributed by atoms with Crippen LogP contribution in [0.5, 0.6) is 0 Å². The van der Waals surface area contributed by atoms with Crippen LogP contribution in [0.4, 0.5) is 5.69 Å². The summed E-state index contributed by atoms with van der Waals surface area (Å²) in [7, 11) is -3.55. The Kier molecular flexibility index (Phi) is 8.11. The molecule has 0 aliphatic carbocycles. The van der Waals surface area contributed by atoms with Gasteiger partial charge in [-0.1, -0.05) is 30.3 Å². The SMILES string of the molecule is O=C(NOCCCNS(=O)(=O)c1ccccc1)c1ccccc1NCc1ccncc1. The van der Waals surface area contributed by atoms with Gasteiger partial charge in [-0.3, -0.25) is 14.6 Å². The number of amides is 1. The van der Waals surface area contributed by atoms with Crippen LogP contribution in [0, 0.1) is 0 Å². The molecule has 2 aromatic carbocycles. The van der Waals surface area contributed by atoms with Gasteiger partial charge in [0.05, 0.1) is 17.1 Å². The first-order valence-electron chi connectivity index (χ1n) is 9.75. The van der Waals surface area contributed by atoms with Crippen molar-refractivity contribution in [2.75, 3.05) is 18.5 Å². The number of aromatic nitrogens is 1. The van der Waals surface area contributed by atoms with Crippen molar-refractivity contribution < 1.29 is 18.0 Å². The van der Waals surface area contributed by atoms with E-state index in [1.54, 1.807) is 42.7 Å². The molecule has 0 aliphatic rings. The quantitative estimate of drug-likeness (QED) is 0.312. The lowest BCUT2D eigenvalue weighted by Crippen LogP contribution is -2.28. The maximum atomic E-state index is 12.5. The Balaban J connectivity index is 1.42. The van der Waals surface area contributed by atoms with Gasteiger partial charge in [-0.2, -0.15) is 0 Å². The summed E-state index contributed by atoms with van der Waals surface area (Å²) in [6, 6.07) is 19.0. The number of hydrogen-bond acceptors (Lipinski definition) is 6. The Morgan fingerprint density at radius 3 is 2.42 bits per heavy atom. The lowest BCUT2D eigenvalue weighted by atomic mass is 10.1. The summed E-state index contributed by atoms with van der Waals surface area (Å²) in [6.45, 7) is 0.905. The first kappa shape index (κ1) is 22.4. The van der Waals surface area contributed by atoms with Gasteiger partial charge >= 0.3 is 0 Å². The fraction of sp³-hybridized carbons (Fsp3) is 0.182.